The first-order chi connectivity index (χ1) is 13.7. The van der Waals surface area contributed by atoms with Crippen molar-refractivity contribution in [2.45, 2.75) is 44.9 Å². The molecule has 1 amide bonds. The second kappa shape index (κ2) is 9.27. The van der Waals surface area contributed by atoms with Crippen molar-refractivity contribution in [2.24, 2.45) is 11.7 Å². The van der Waals surface area contributed by atoms with Crippen LogP contribution in [0.25, 0.3) is 0 Å². The van der Waals surface area contributed by atoms with Crippen LogP contribution in [0.3, 0.4) is 0 Å². The monoisotopic (exact) mass is 384 g/mol. The van der Waals surface area contributed by atoms with Crippen LogP contribution in [0.2, 0.25) is 0 Å². The number of nitrogens with two attached hydrogens (primary N) is 1. The molecule has 0 atom stereocenters. The molecule has 5 nitrogen and oxygen atoms in total. The van der Waals surface area contributed by atoms with Crippen molar-refractivity contribution < 1.29 is 4.79 Å². The highest BCUT2D eigenvalue weighted by Crippen LogP contribution is 2.32. The van der Waals surface area contributed by atoms with Gasteiger partial charge in [0.25, 0.3) is 0 Å². The molecule has 0 bridgehead atoms. The molecule has 1 aliphatic carbocycles. The van der Waals surface area contributed by atoms with Crippen molar-refractivity contribution in [3.63, 3.8) is 0 Å². The minimum Gasteiger partial charge on any atom is -0.369 e. The zero-order valence-electron chi connectivity index (χ0n) is 17.2. The summed E-state index contributed by atoms with van der Waals surface area (Å²) in [5.74, 6) is 1.02. The van der Waals surface area contributed by atoms with E-state index in [1.54, 1.807) is 11.1 Å². The molecule has 3 aliphatic rings. The van der Waals surface area contributed by atoms with Gasteiger partial charge in [0.2, 0.25) is 5.91 Å². The number of benzene rings is 1. The van der Waals surface area contributed by atoms with Gasteiger partial charge in [-0.1, -0.05) is 12.1 Å². The van der Waals surface area contributed by atoms with Crippen molar-refractivity contribution in [1.29, 1.82) is 0 Å². The second-order valence-electron chi connectivity index (χ2n) is 8.75. The maximum absolute atomic E-state index is 12.0. The molecule has 2 saturated heterocycles. The molecule has 1 aromatic rings. The van der Waals surface area contributed by atoms with Crippen molar-refractivity contribution in [1.82, 2.24) is 9.80 Å². The molecule has 2 N–H and O–H groups in total. The van der Waals surface area contributed by atoms with E-state index in [0.29, 0.717) is 13.0 Å². The molecule has 28 heavy (non-hydrogen) atoms. The molecule has 4 rings (SSSR count). The Morgan fingerprint density at radius 1 is 1.04 bits per heavy atom. The van der Waals surface area contributed by atoms with Crippen LogP contribution >= 0.6 is 0 Å². The van der Waals surface area contributed by atoms with Crippen LogP contribution in [0.4, 0.5) is 5.69 Å². The Balaban J connectivity index is 1.19. The number of anilines is 1. The summed E-state index contributed by atoms with van der Waals surface area (Å²) in [5.41, 5.74) is 10.2. The molecular formula is C23H36N4O. The largest absolute Gasteiger partial charge is 0.369 e. The van der Waals surface area contributed by atoms with Gasteiger partial charge in [-0.3, -0.25) is 9.69 Å². The second-order valence-corrected chi connectivity index (χ2v) is 8.75. The minimum absolute atomic E-state index is 0.240. The smallest absolute Gasteiger partial charge is 0.223 e. The lowest BCUT2D eigenvalue weighted by Gasteiger charge is -2.38. The molecule has 2 fully saturated rings. The Hall–Kier alpha value is -1.59. The Morgan fingerprint density at radius 2 is 1.82 bits per heavy atom. The summed E-state index contributed by atoms with van der Waals surface area (Å²) in [4.78, 5) is 19.2. The maximum Gasteiger partial charge on any atom is 0.223 e. The highest BCUT2D eigenvalue weighted by atomic mass is 16.2. The third kappa shape index (κ3) is 4.52. The number of piperazine rings is 1. The number of nitrogens with zero attached hydrogens (tertiary/aromatic N) is 3. The lowest BCUT2D eigenvalue weighted by Crippen LogP contribution is -2.47. The maximum atomic E-state index is 12.0. The highest BCUT2D eigenvalue weighted by Gasteiger charge is 2.25. The van der Waals surface area contributed by atoms with Crippen molar-refractivity contribution in [3.05, 3.63) is 29.3 Å². The summed E-state index contributed by atoms with van der Waals surface area (Å²) in [5, 5.41) is 0. The standard InChI is InChI=1S/C23H36N4O/c24-11-7-23(28)27-13-9-19(10-14-27)8-12-25-15-17-26(18-16-25)22-6-2-4-20-3-1-5-21(20)22/h2,4,6,19H,1,3,5,7-18,24H2. The number of fused-ring (bicyclic) bond motifs is 1. The van der Waals surface area contributed by atoms with Crippen LogP contribution in [-0.2, 0) is 17.6 Å². The minimum atomic E-state index is 0.240. The molecule has 0 spiro atoms. The number of amides is 1. The van der Waals surface area contributed by atoms with Gasteiger partial charge in [-0.25, -0.2) is 0 Å². The van der Waals surface area contributed by atoms with Crippen LogP contribution in [0.5, 0.6) is 0 Å². The molecule has 154 valence electrons. The molecule has 0 radical (unpaired) electrons. The van der Waals surface area contributed by atoms with Crippen LogP contribution in [0.1, 0.15) is 43.2 Å². The third-order valence-corrected chi connectivity index (χ3v) is 7.01. The van der Waals surface area contributed by atoms with E-state index in [-0.39, 0.29) is 5.91 Å². The fraction of sp³-hybridized carbons (Fsp3) is 0.696. The lowest BCUT2D eigenvalue weighted by atomic mass is 9.93. The first kappa shape index (κ1) is 19.7. The van der Waals surface area contributed by atoms with E-state index in [4.69, 9.17) is 5.73 Å². The summed E-state index contributed by atoms with van der Waals surface area (Å²) < 4.78 is 0. The summed E-state index contributed by atoms with van der Waals surface area (Å²) >= 11 is 0. The van der Waals surface area contributed by atoms with Gasteiger partial charge in [0.15, 0.2) is 0 Å². The van der Waals surface area contributed by atoms with Gasteiger partial charge >= 0.3 is 0 Å². The normalized spacial score (nSPS) is 21.2. The van der Waals surface area contributed by atoms with E-state index < -0.39 is 0 Å². The quantitative estimate of drug-likeness (QED) is 0.818. The summed E-state index contributed by atoms with van der Waals surface area (Å²) in [6.45, 7) is 8.20. The van der Waals surface area contributed by atoms with Gasteiger partial charge in [-0.15, -0.1) is 0 Å². The predicted molar refractivity (Wildman–Crippen MR) is 115 cm³/mol. The van der Waals surface area contributed by atoms with E-state index in [2.05, 4.69) is 28.0 Å². The molecule has 0 unspecified atom stereocenters. The molecule has 2 heterocycles. The van der Waals surface area contributed by atoms with Gasteiger partial charge in [-0.05, 0) is 68.2 Å². The van der Waals surface area contributed by atoms with E-state index in [1.807, 2.05) is 4.90 Å². The van der Waals surface area contributed by atoms with Crippen LogP contribution in [-0.4, -0.2) is 68.1 Å². The van der Waals surface area contributed by atoms with Crippen LogP contribution < -0.4 is 10.6 Å². The summed E-state index contributed by atoms with van der Waals surface area (Å²) in [7, 11) is 0. The molecule has 2 aliphatic heterocycles. The summed E-state index contributed by atoms with van der Waals surface area (Å²) in [6.07, 6.45) is 7.94. The third-order valence-electron chi connectivity index (χ3n) is 7.01. The number of rotatable bonds is 6. The highest BCUT2D eigenvalue weighted by molar-refractivity contribution is 5.76. The predicted octanol–water partition coefficient (Wildman–Crippen LogP) is 2.27. The molecular weight excluding hydrogens is 348 g/mol. The zero-order chi connectivity index (χ0) is 19.3. The van der Waals surface area contributed by atoms with Crippen molar-refractivity contribution in [3.8, 4) is 0 Å². The number of carbonyl (C=O) groups is 1. The van der Waals surface area contributed by atoms with Crippen molar-refractivity contribution in [2.75, 3.05) is 57.3 Å². The van der Waals surface area contributed by atoms with E-state index in [9.17, 15) is 4.79 Å². The van der Waals surface area contributed by atoms with E-state index >= 15 is 0 Å². The zero-order valence-corrected chi connectivity index (χ0v) is 17.2. The van der Waals surface area contributed by atoms with E-state index in [1.165, 1.54) is 51.0 Å². The topological polar surface area (TPSA) is 52.8 Å². The van der Waals surface area contributed by atoms with Crippen LogP contribution in [0.15, 0.2) is 18.2 Å². The average molecular weight is 385 g/mol. The van der Waals surface area contributed by atoms with Gasteiger partial charge in [0.1, 0.15) is 0 Å². The fourth-order valence-corrected chi connectivity index (χ4v) is 5.23. The van der Waals surface area contributed by atoms with Gasteiger partial charge in [0, 0.05) is 57.9 Å². The Kier molecular flexibility index (Phi) is 6.53. The number of hydrogen-bond donors (Lipinski definition) is 1. The number of hydrogen-bond acceptors (Lipinski definition) is 4. The number of likely N-dealkylation sites (tertiary alicyclic amines) is 1. The molecule has 5 heteroatoms. The Bertz CT molecular complexity index is 661. The lowest BCUT2D eigenvalue weighted by molar-refractivity contribution is -0.132. The number of carbonyl (C=O) groups excluding carboxylic acids is 1. The SMILES string of the molecule is NCCC(=O)N1CCC(CCN2CCN(c3cccc4c3CCC4)CC2)CC1. The molecule has 0 saturated carbocycles. The average Bonchev–Trinajstić information content (AvgIpc) is 3.22. The fourth-order valence-electron chi connectivity index (χ4n) is 5.23. The van der Waals surface area contributed by atoms with Gasteiger partial charge in [0.05, 0.1) is 0 Å². The number of aryl methyl sites for hydroxylation is 1. The molecule has 0 aromatic heterocycles. The Labute approximate surface area is 169 Å². The number of piperidine rings is 1. The first-order valence-corrected chi connectivity index (χ1v) is 11.3. The van der Waals surface area contributed by atoms with E-state index in [0.717, 1.165) is 44.9 Å². The van der Waals surface area contributed by atoms with Gasteiger partial charge in [-0.2, -0.15) is 0 Å². The van der Waals surface area contributed by atoms with Gasteiger partial charge < -0.3 is 15.5 Å². The Morgan fingerprint density at radius 3 is 2.57 bits per heavy atom. The summed E-state index contributed by atoms with van der Waals surface area (Å²) in [6, 6.07) is 6.90. The van der Waals surface area contributed by atoms with Crippen molar-refractivity contribution >= 4 is 11.6 Å². The molecule has 1 aromatic carbocycles. The first-order valence-electron chi connectivity index (χ1n) is 11.3. The van der Waals surface area contributed by atoms with Crippen LogP contribution in [0, 0.1) is 5.92 Å².